The molecule has 0 bridgehead atoms. The van der Waals surface area contributed by atoms with Gasteiger partial charge >= 0.3 is 23.9 Å². The molecule has 0 amide bonds. The van der Waals surface area contributed by atoms with E-state index in [0.29, 0.717) is 12.8 Å². The van der Waals surface area contributed by atoms with E-state index in [0.717, 1.165) is 18.4 Å². The predicted octanol–water partition coefficient (Wildman–Crippen LogP) is 3.50. The third kappa shape index (κ3) is 8.83. The van der Waals surface area contributed by atoms with Crippen molar-refractivity contribution >= 4 is 30.0 Å². The van der Waals surface area contributed by atoms with Gasteiger partial charge in [0.25, 0.3) is 0 Å². The summed E-state index contributed by atoms with van der Waals surface area (Å²) in [7, 11) is 1.30. The first-order valence-corrected chi connectivity index (χ1v) is 12.8. The highest BCUT2D eigenvalue weighted by atomic mass is 16.6. The molecule has 0 unspecified atom stereocenters. The van der Waals surface area contributed by atoms with Gasteiger partial charge in [-0.05, 0) is 56.9 Å². The van der Waals surface area contributed by atoms with Crippen molar-refractivity contribution in [2.24, 2.45) is 23.7 Å². The maximum atomic E-state index is 13.0. The molecule has 38 heavy (non-hydrogen) atoms. The van der Waals surface area contributed by atoms with Gasteiger partial charge in [0, 0.05) is 0 Å². The largest absolute Gasteiger partial charge is 0.469 e. The lowest BCUT2D eigenvalue weighted by atomic mass is 9.54. The van der Waals surface area contributed by atoms with E-state index >= 15 is 0 Å². The number of esters is 4. The number of rotatable bonds is 15. The van der Waals surface area contributed by atoms with Crippen molar-refractivity contribution < 1.29 is 43.2 Å². The van der Waals surface area contributed by atoms with E-state index in [1.165, 1.54) is 21.0 Å². The number of hydrogen-bond acceptors (Lipinski definition) is 9. The Morgan fingerprint density at radius 1 is 0.921 bits per heavy atom. The molecular weight excluding hydrogens is 492 g/mol. The van der Waals surface area contributed by atoms with Crippen molar-refractivity contribution in [2.75, 3.05) is 20.3 Å². The highest BCUT2D eigenvalue weighted by molar-refractivity contribution is 5.85. The molecule has 6 atom stereocenters. The average molecular weight is 531 g/mol. The molecular formula is C29H38O9. The molecule has 2 rings (SSSR count). The first-order valence-electron chi connectivity index (χ1n) is 12.8. The van der Waals surface area contributed by atoms with Gasteiger partial charge in [0.05, 0.1) is 18.9 Å². The minimum atomic E-state index is -1.37. The van der Waals surface area contributed by atoms with Gasteiger partial charge in [-0.1, -0.05) is 48.6 Å². The van der Waals surface area contributed by atoms with Crippen LogP contribution in [0, 0.1) is 23.7 Å². The fourth-order valence-corrected chi connectivity index (χ4v) is 4.69. The van der Waals surface area contributed by atoms with E-state index in [9.17, 15) is 19.2 Å². The van der Waals surface area contributed by atoms with E-state index in [1.54, 1.807) is 6.08 Å². The summed E-state index contributed by atoms with van der Waals surface area (Å²) in [5.74, 6) is -4.16. The van der Waals surface area contributed by atoms with Gasteiger partial charge in [-0.25, -0.2) is 9.59 Å². The zero-order chi connectivity index (χ0) is 28.1. The average Bonchev–Trinajstić information content (AvgIpc) is 2.90. The predicted molar refractivity (Wildman–Crippen MR) is 139 cm³/mol. The second-order valence-corrected chi connectivity index (χ2v) is 9.25. The molecule has 0 aliphatic heterocycles. The van der Waals surface area contributed by atoms with Crippen LogP contribution in [0.25, 0.3) is 6.08 Å². The summed E-state index contributed by atoms with van der Waals surface area (Å²) in [4.78, 5) is 49.0. The van der Waals surface area contributed by atoms with Gasteiger partial charge in [-0.15, -0.1) is 6.58 Å². The monoisotopic (exact) mass is 530 g/mol. The van der Waals surface area contributed by atoms with Gasteiger partial charge in [-0.2, -0.15) is 0 Å². The molecule has 9 nitrogen and oxygen atoms in total. The van der Waals surface area contributed by atoms with Crippen molar-refractivity contribution in [3.63, 3.8) is 0 Å². The summed E-state index contributed by atoms with van der Waals surface area (Å²) in [6, 6.07) is 9.91. The lowest BCUT2D eigenvalue weighted by Crippen LogP contribution is -2.55. The Morgan fingerprint density at radius 2 is 1.53 bits per heavy atom. The summed E-state index contributed by atoms with van der Waals surface area (Å²) in [6.45, 7) is 5.83. The number of ether oxygens (including phenoxy) is 4. The summed E-state index contributed by atoms with van der Waals surface area (Å²) < 4.78 is 20.1. The highest BCUT2D eigenvalue weighted by Gasteiger charge is 2.57. The number of carbonyl (C=O) groups is 4. The van der Waals surface area contributed by atoms with E-state index in [1.807, 2.05) is 36.4 Å². The first-order chi connectivity index (χ1) is 18.2. The van der Waals surface area contributed by atoms with Crippen LogP contribution < -0.4 is 0 Å². The lowest BCUT2D eigenvalue weighted by molar-refractivity contribution is -0.183. The van der Waals surface area contributed by atoms with Gasteiger partial charge in [0.1, 0.15) is 19.3 Å². The van der Waals surface area contributed by atoms with Crippen molar-refractivity contribution in [3.05, 3.63) is 54.6 Å². The van der Waals surface area contributed by atoms with Crippen molar-refractivity contribution in [1.82, 2.24) is 0 Å². The molecule has 1 aromatic rings. The van der Waals surface area contributed by atoms with E-state index < -0.39 is 47.9 Å². The van der Waals surface area contributed by atoms with Crippen LogP contribution >= 0.6 is 0 Å². The van der Waals surface area contributed by atoms with Crippen LogP contribution in [0.5, 0.6) is 0 Å². The Kier molecular flexibility index (Phi) is 12.7. The number of aliphatic hydroxyl groups excluding tert-OH is 1. The Hall–Kier alpha value is -3.46. The maximum Gasteiger partial charge on any atom is 0.347 e. The van der Waals surface area contributed by atoms with E-state index in [-0.39, 0.29) is 25.0 Å². The van der Waals surface area contributed by atoms with Crippen LogP contribution in [0.3, 0.4) is 0 Å². The van der Waals surface area contributed by atoms with Crippen LogP contribution in [-0.2, 0) is 38.1 Å². The molecule has 0 spiro atoms. The molecule has 1 aromatic carbocycles. The topological polar surface area (TPSA) is 125 Å². The Balaban J connectivity index is 1.94. The Morgan fingerprint density at radius 3 is 2.13 bits per heavy atom. The smallest absolute Gasteiger partial charge is 0.347 e. The summed E-state index contributed by atoms with van der Waals surface area (Å²) in [5.41, 5.74) is 1.09. The molecule has 1 aliphatic carbocycles. The van der Waals surface area contributed by atoms with Crippen molar-refractivity contribution in [1.29, 1.82) is 0 Å². The van der Waals surface area contributed by atoms with Crippen LogP contribution in [0.2, 0.25) is 0 Å². The number of methoxy groups -OCH3 is 1. The van der Waals surface area contributed by atoms with Gasteiger partial charge in [-0.3, -0.25) is 9.59 Å². The number of aliphatic hydroxyl groups is 1. The van der Waals surface area contributed by atoms with E-state index in [4.69, 9.17) is 24.1 Å². The second-order valence-electron chi connectivity index (χ2n) is 9.25. The maximum absolute atomic E-state index is 13.0. The van der Waals surface area contributed by atoms with Crippen LogP contribution in [0.15, 0.2) is 49.1 Å². The first kappa shape index (κ1) is 30.8. The number of benzene rings is 1. The molecule has 9 heteroatoms. The summed E-state index contributed by atoms with van der Waals surface area (Å²) in [6.07, 6.45) is 6.13. The summed E-state index contributed by atoms with van der Waals surface area (Å²) in [5, 5.41) is 9.16. The third-order valence-corrected chi connectivity index (χ3v) is 6.62. The highest BCUT2D eigenvalue weighted by Crippen LogP contribution is 2.52. The minimum Gasteiger partial charge on any atom is -0.469 e. The van der Waals surface area contributed by atoms with Crippen molar-refractivity contribution in [3.8, 4) is 0 Å². The quantitative estimate of drug-likeness (QED) is 0.157. The number of hydrogen-bond donors (Lipinski definition) is 1. The Labute approximate surface area is 223 Å². The molecule has 0 aromatic heterocycles. The second kappa shape index (κ2) is 15.7. The zero-order valence-electron chi connectivity index (χ0n) is 22.2. The van der Waals surface area contributed by atoms with Crippen molar-refractivity contribution in [2.45, 2.75) is 51.7 Å². The molecule has 1 aliphatic rings. The fraction of sp³-hybridized carbons (Fsp3) is 0.517. The van der Waals surface area contributed by atoms with Gasteiger partial charge in [0.2, 0.25) is 0 Å². The standard InChI is InChI=1S/C29H38O9/c1-5-6-15-22-23(16-11-10-14-21-12-8-7-9-13-21)24(28(33)35-4)25(22)29(34)37-18-17-36-27(32)20(3)38-26(31)19(2)30/h5,7-10,12-14,19-20,22-25,30H,1,6,11,15-18H2,2-4H3/b14-10-/t19-,20-,22+,23+,24-,25+/m0/s1. The van der Waals surface area contributed by atoms with E-state index in [2.05, 4.69) is 12.7 Å². The van der Waals surface area contributed by atoms with Crippen LogP contribution in [0.4, 0.5) is 0 Å². The SMILES string of the molecule is C=CCC[C@@H]1[C@@H](CC/C=C\c2ccccc2)[C@H](C(=O)OC)[C@@H]1C(=O)OCCOC(=O)[C@H](C)OC(=O)[C@H](C)O. The van der Waals surface area contributed by atoms with Gasteiger partial charge in [0.15, 0.2) is 6.10 Å². The zero-order valence-corrected chi connectivity index (χ0v) is 22.2. The van der Waals surface area contributed by atoms with Gasteiger partial charge < -0.3 is 24.1 Å². The molecule has 0 radical (unpaired) electrons. The normalized spacial score (nSPS) is 22.0. The summed E-state index contributed by atoms with van der Waals surface area (Å²) >= 11 is 0. The number of allylic oxidation sites excluding steroid dienone is 2. The molecule has 1 fully saturated rings. The minimum absolute atomic E-state index is 0.0392. The molecule has 0 saturated heterocycles. The molecule has 1 saturated carbocycles. The third-order valence-electron chi connectivity index (χ3n) is 6.62. The molecule has 0 heterocycles. The lowest BCUT2D eigenvalue weighted by Gasteiger charge is -2.49. The Bertz CT molecular complexity index is 970. The van der Waals surface area contributed by atoms with Crippen LogP contribution in [-0.4, -0.2) is 61.5 Å². The fourth-order valence-electron chi connectivity index (χ4n) is 4.69. The molecule has 208 valence electrons. The molecule has 1 N–H and O–H groups in total. The van der Waals surface area contributed by atoms with Crippen LogP contribution in [0.1, 0.15) is 45.1 Å². The number of carbonyl (C=O) groups excluding carboxylic acids is 4.